The Morgan fingerprint density at radius 1 is 1.00 bits per heavy atom. The molecule has 0 heterocycles. The number of benzene rings is 1. The topological polar surface area (TPSA) is 39.7 Å². The molecule has 1 N–H and O–H groups in total. The van der Waals surface area contributed by atoms with E-state index < -0.39 is 0 Å². The number of methoxy groups -OCH3 is 3. The summed E-state index contributed by atoms with van der Waals surface area (Å²) in [7, 11) is 4.91. The SMILES string of the molecule is CCCNC(c1cc(OC)c(OC)c(OC)c1)C(C)C. The van der Waals surface area contributed by atoms with Crippen LogP contribution in [0.2, 0.25) is 0 Å². The van der Waals surface area contributed by atoms with Crippen LogP contribution in [0.1, 0.15) is 38.8 Å². The minimum atomic E-state index is 0.267. The van der Waals surface area contributed by atoms with E-state index in [1.54, 1.807) is 21.3 Å². The van der Waals surface area contributed by atoms with E-state index in [1.807, 2.05) is 12.1 Å². The van der Waals surface area contributed by atoms with E-state index in [2.05, 4.69) is 26.1 Å². The van der Waals surface area contributed by atoms with Crippen LogP contribution in [-0.4, -0.2) is 27.9 Å². The number of rotatable bonds is 8. The predicted octanol–water partition coefficient (Wildman–Crippen LogP) is 3.41. The van der Waals surface area contributed by atoms with Crippen molar-refractivity contribution in [3.8, 4) is 17.2 Å². The molecule has 0 aliphatic carbocycles. The van der Waals surface area contributed by atoms with E-state index in [-0.39, 0.29) is 6.04 Å². The molecule has 0 aliphatic heterocycles. The zero-order chi connectivity index (χ0) is 15.1. The van der Waals surface area contributed by atoms with Gasteiger partial charge in [-0.1, -0.05) is 20.8 Å². The number of nitrogens with one attached hydrogen (secondary N) is 1. The van der Waals surface area contributed by atoms with Crippen molar-refractivity contribution in [2.24, 2.45) is 5.92 Å². The van der Waals surface area contributed by atoms with Gasteiger partial charge < -0.3 is 19.5 Å². The van der Waals surface area contributed by atoms with Gasteiger partial charge in [0.1, 0.15) is 0 Å². The predicted molar refractivity (Wildman–Crippen MR) is 82.0 cm³/mol. The Morgan fingerprint density at radius 2 is 1.55 bits per heavy atom. The lowest BCUT2D eigenvalue weighted by Gasteiger charge is -2.24. The highest BCUT2D eigenvalue weighted by Gasteiger charge is 2.20. The lowest BCUT2D eigenvalue weighted by atomic mass is 9.95. The Labute approximate surface area is 122 Å². The maximum Gasteiger partial charge on any atom is 0.203 e. The first-order valence-electron chi connectivity index (χ1n) is 7.12. The molecule has 1 rings (SSSR count). The Morgan fingerprint density at radius 3 is 1.90 bits per heavy atom. The molecule has 0 saturated heterocycles. The summed E-state index contributed by atoms with van der Waals surface area (Å²) in [6.07, 6.45) is 1.10. The fourth-order valence-corrected chi connectivity index (χ4v) is 2.32. The molecule has 0 aliphatic rings. The molecule has 114 valence electrons. The van der Waals surface area contributed by atoms with Crippen LogP contribution in [0.15, 0.2) is 12.1 Å². The molecule has 4 nitrogen and oxygen atoms in total. The molecular formula is C16H27NO3. The van der Waals surface area contributed by atoms with Crippen LogP contribution in [0.3, 0.4) is 0 Å². The van der Waals surface area contributed by atoms with Gasteiger partial charge in [0.15, 0.2) is 11.5 Å². The van der Waals surface area contributed by atoms with Crippen molar-refractivity contribution in [2.75, 3.05) is 27.9 Å². The fraction of sp³-hybridized carbons (Fsp3) is 0.625. The van der Waals surface area contributed by atoms with Crippen molar-refractivity contribution in [2.45, 2.75) is 33.2 Å². The maximum atomic E-state index is 5.42. The van der Waals surface area contributed by atoms with Gasteiger partial charge in [-0.05, 0) is 36.6 Å². The van der Waals surface area contributed by atoms with Crippen molar-refractivity contribution >= 4 is 0 Å². The first kappa shape index (κ1) is 16.6. The summed E-state index contributed by atoms with van der Waals surface area (Å²) < 4.78 is 16.2. The Balaban J connectivity index is 3.21. The fourth-order valence-electron chi connectivity index (χ4n) is 2.32. The third kappa shape index (κ3) is 3.79. The van der Waals surface area contributed by atoms with Crippen molar-refractivity contribution in [1.82, 2.24) is 5.32 Å². The summed E-state index contributed by atoms with van der Waals surface area (Å²) in [4.78, 5) is 0. The van der Waals surface area contributed by atoms with Crippen molar-refractivity contribution in [3.63, 3.8) is 0 Å². The normalized spacial score (nSPS) is 12.3. The molecule has 20 heavy (non-hydrogen) atoms. The Kier molecular flexibility index (Phi) is 6.65. The molecule has 0 aromatic heterocycles. The molecule has 1 unspecified atom stereocenters. The van der Waals surface area contributed by atoms with Gasteiger partial charge in [0.2, 0.25) is 5.75 Å². The zero-order valence-electron chi connectivity index (χ0n) is 13.4. The van der Waals surface area contributed by atoms with Crippen LogP contribution < -0.4 is 19.5 Å². The first-order valence-corrected chi connectivity index (χ1v) is 7.12. The Bertz CT molecular complexity index is 393. The smallest absolute Gasteiger partial charge is 0.203 e. The number of hydrogen-bond donors (Lipinski definition) is 1. The average Bonchev–Trinajstić information content (AvgIpc) is 2.45. The third-order valence-electron chi connectivity index (χ3n) is 3.33. The molecule has 1 aromatic rings. The summed E-state index contributed by atoms with van der Waals surface area (Å²) in [5, 5.41) is 3.57. The summed E-state index contributed by atoms with van der Waals surface area (Å²) in [6, 6.07) is 4.31. The molecule has 0 fully saturated rings. The standard InChI is InChI=1S/C16H27NO3/c1-7-8-17-15(11(2)3)12-9-13(18-4)16(20-6)14(10-12)19-5/h9-11,15,17H,7-8H2,1-6H3. The highest BCUT2D eigenvalue weighted by molar-refractivity contribution is 5.54. The van der Waals surface area contributed by atoms with Crippen LogP contribution in [0.25, 0.3) is 0 Å². The van der Waals surface area contributed by atoms with E-state index in [9.17, 15) is 0 Å². The minimum Gasteiger partial charge on any atom is -0.493 e. The summed E-state index contributed by atoms with van der Waals surface area (Å²) in [6.45, 7) is 7.56. The van der Waals surface area contributed by atoms with Gasteiger partial charge in [0, 0.05) is 6.04 Å². The van der Waals surface area contributed by atoms with Crippen molar-refractivity contribution < 1.29 is 14.2 Å². The molecule has 4 heteroatoms. The first-order chi connectivity index (χ1) is 9.58. The van der Waals surface area contributed by atoms with Crippen molar-refractivity contribution in [1.29, 1.82) is 0 Å². The highest BCUT2D eigenvalue weighted by atomic mass is 16.5. The molecule has 0 bridgehead atoms. The third-order valence-corrected chi connectivity index (χ3v) is 3.33. The van der Waals surface area contributed by atoms with Gasteiger partial charge in [0.05, 0.1) is 21.3 Å². The Hall–Kier alpha value is -1.42. The highest BCUT2D eigenvalue weighted by Crippen LogP contribution is 2.40. The number of ether oxygens (including phenoxy) is 3. The van der Waals surface area contributed by atoms with E-state index in [0.29, 0.717) is 23.2 Å². The van der Waals surface area contributed by atoms with Gasteiger partial charge in [-0.25, -0.2) is 0 Å². The molecule has 0 saturated carbocycles. The van der Waals surface area contributed by atoms with Crippen molar-refractivity contribution in [3.05, 3.63) is 17.7 Å². The molecule has 0 amide bonds. The molecule has 0 spiro atoms. The van der Waals surface area contributed by atoms with Crippen LogP contribution in [-0.2, 0) is 0 Å². The van der Waals surface area contributed by atoms with Gasteiger partial charge in [0.25, 0.3) is 0 Å². The maximum absolute atomic E-state index is 5.42. The summed E-state index contributed by atoms with van der Waals surface area (Å²) >= 11 is 0. The van der Waals surface area contributed by atoms with Gasteiger partial charge in [-0.2, -0.15) is 0 Å². The quantitative estimate of drug-likeness (QED) is 0.792. The van der Waals surface area contributed by atoms with Gasteiger partial charge in [-0.15, -0.1) is 0 Å². The van der Waals surface area contributed by atoms with Gasteiger partial charge in [-0.3, -0.25) is 0 Å². The van der Waals surface area contributed by atoms with E-state index in [1.165, 1.54) is 0 Å². The van der Waals surface area contributed by atoms with Crippen LogP contribution in [0, 0.1) is 5.92 Å². The van der Waals surface area contributed by atoms with E-state index in [4.69, 9.17) is 14.2 Å². The van der Waals surface area contributed by atoms with Gasteiger partial charge >= 0.3 is 0 Å². The van der Waals surface area contributed by atoms with E-state index >= 15 is 0 Å². The second-order valence-corrected chi connectivity index (χ2v) is 5.13. The second kappa shape index (κ2) is 8.00. The summed E-state index contributed by atoms with van der Waals surface area (Å²) in [5.41, 5.74) is 1.16. The minimum absolute atomic E-state index is 0.267. The molecule has 1 atom stereocenters. The molecular weight excluding hydrogens is 254 g/mol. The lowest BCUT2D eigenvalue weighted by molar-refractivity contribution is 0.321. The van der Waals surface area contributed by atoms with Crippen LogP contribution in [0.4, 0.5) is 0 Å². The lowest BCUT2D eigenvalue weighted by Crippen LogP contribution is -2.26. The van der Waals surface area contributed by atoms with E-state index in [0.717, 1.165) is 18.5 Å². The van der Waals surface area contributed by atoms with Crippen LogP contribution >= 0.6 is 0 Å². The zero-order valence-corrected chi connectivity index (χ0v) is 13.4. The average molecular weight is 281 g/mol. The molecule has 1 aromatic carbocycles. The largest absolute Gasteiger partial charge is 0.493 e. The number of hydrogen-bond acceptors (Lipinski definition) is 4. The summed E-state index contributed by atoms with van der Waals surface area (Å²) in [5.74, 6) is 2.51. The second-order valence-electron chi connectivity index (χ2n) is 5.13. The van der Waals surface area contributed by atoms with Crippen LogP contribution in [0.5, 0.6) is 17.2 Å². The monoisotopic (exact) mass is 281 g/mol. The molecule has 0 radical (unpaired) electrons.